The van der Waals surface area contributed by atoms with Gasteiger partial charge in [0.1, 0.15) is 0 Å². The molecule has 1 rings (SSSR count). The van der Waals surface area contributed by atoms with Crippen LogP contribution in [0.4, 0.5) is 0 Å². The average Bonchev–Trinajstić information content (AvgIpc) is 2.77. The largest absolute Gasteiger partial charge is 0.383 e. The zero-order valence-corrected chi connectivity index (χ0v) is 11.7. The summed E-state index contributed by atoms with van der Waals surface area (Å²) in [6.45, 7) is 2.54. The monoisotopic (exact) mass is 275 g/mol. The van der Waals surface area contributed by atoms with Gasteiger partial charge in [-0.3, -0.25) is 4.79 Å². The van der Waals surface area contributed by atoms with E-state index in [0.29, 0.717) is 18.9 Å². The van der Waals surface area contributed by atoms with Gasteiger partial charge in [0, 0.05) is 13.0 Å². The van der Waals surface area contributed by atoms with Crippen LogP contribution in [0.25, 0.3) is 0 Å². The third-order valence-corrected chi connectivity index (χ3v) is 3.67. The van der Waals surface area contributed by atoms with Gasteiger partial charge in [0.25, 0.3) is 5.91 Å². The van der Waals surface area contributed by atoms with Gasteiger partial charge in [0.05, 0.1) is 17.5 Å². The summed E-state index contributed by atoms with van der Waals surface area (Å²) in [7, 11) is 1.62. The third-order valence-electron chi connectivity index (χ3n) is 2.49. The molecule has 1 aromatic rings. The van der Waals surface area contributed by atoms with Gasteiger partial charge in [-0.1, -0.05) is 6.92 Å². The Bertz CT molecular complexity index is 348. The van der Waals surface area contributed by atoms with Crippen molar-refractivity contribution in [3.05, 3.63) is 21.9 Å². The smallest absolute Gasteiger partial charge is 0.261 e. The van der Waals surface area contributed by atoms with Gasteiger partial charge in [-0.15, -0.1) is 22.9 Å². The molecule has 1 atom stereocenters. The molecule has 0 aliphatic heterocycles. The summed E-state index contributed by atoms with van der Waals surface area (Å²) in [4.78, 5) is 12.8. The second-order valence-electron chi connectivity index (χ2n) is 3.73. The molecule has 5 heteroatoms. The molecular weight excluding hydrogens is 258 g/mol. The van der Waals surface area contributed by atoms with E-state index in [2.05, 4.69) is 5.32 Å². The molecule has 1 N–H and O–H groups in total. The van der Waals surface area contributed by atoms with Gasteiger partial charge in [-0.05, 0) is 29.9 Å². The lowest BCUT2D eigenvalue weighted by Crippen LogP contribution is -2.38. The molecule has 0 radical (unpaired) electrons. The van der Waals surface area contributed by atoms with Gasteiger partial charge in [-0.2, -0.15) is 0 Å². The quantitative estimate of drug-likeness (QED) is 0.777. The minimum absolute atomic E-state index is 0.0168. The van der Waals surface area contributed by atoms with Crippen LogP contribution in [0, 0.1) is 0 Å². The first-order valence-corrected chi connectivity index (χ1v) is 7.06. The van der Waals surface area contributed by atoms with Crippen molar-refractivity contribution in [2.45, 2.75) is 25.8 Å². The highest BCUT2D eigenvalue weighted by Crippen LogP contribution is 2.17. The number of halogens is 1. The highest BCUT2D eigenvalue weighted by atomic mass is 35.5. The summed E-state index contributed by atoms with van der Waals surface area (Å²) < 4.78 is 5.06. The number of methoxy groups -OCH3 is 1. The first kappa shape index (κ1) is 14.5. The molecule has 3 nitrogen and oxygen atoms in total. The molecule has 0 aromatic carbocycles. The lowest BCUT2D eigenvalue weighted by atomic mass is 10.2. The molecule has 0 fully saturated rings. The number of nitrogens with one attached hydrogen (secondary N) is 1. The third kappa shape index (κ3) is 4.30. The van der Waals surface area contributed by atoms with Gasteiger partial charge in [-0.25, -0.2) is 0 Å². The topological polar surface area (TPSA) is 38.3 Å². The van der Waals surface area contributed by atoms with Crippen molar-refractivity contribution in [3.8, 4) is 0 Å². The maximum atomic E-state index is 12.0. The van der Waals surface area contributed by atoms with E-state index in [1.807, 2.05) is 18.4 Å². The molecule has 0 bridgehead atoms. The number of carbonyl (C=O) groups is 1. The van der Waals surface area contributed by atoms with Crippen LogP contribution < -0.4 is 5.32 Å². The molecule has 1 unspecified atom stereocenters. The van der Waals surface area contributed by atoms with E-state index in [9.17, 15) is 4.79 Å². The summed E-state index contributed by atoms with van der Waals surface area (Å²) in [6, 6.07) is 1.98. The van der Waals surface area contributed by atoms with Crippen LogP contribution in [0.3, 0.4) is 0 Å². The number of amides is 1. The number of thiophene rings is 1. The van der Waals surface area contributed by atoms with E-state index in [0.717, 1.165) is 16.9 Å². The standard InChI is InChI=1S/C12H18ClNO2S/c1-3-9-5-7-17-11(9)12(15)14-10(4-6-13)8-16-2/h5,7,10H,3-4,6,8H2,1-2H3,(H,14,15). The number of aryl methyl sites for hydroxylation is 1. The van der Waals surface area contributed by atoms with Crippen LogP contribution in [-0.2, 0) is 11.2 Å². The average molecular weight is 276 g/mol. The highest BCUT2D eigenvalue weighted by Gasteiger charge is 2.16. The molecule has 0 saturated heterocycles. The van der Waals surface area contributed by atoms with Crippen LogP contribution in [0.2, 0.25) is 0 Å². The first-order valence-electron chi connectivity index (χ1n) is 5.65. The number of hydrogen-bond donors (Lipinski definition) is 1. The molecule has 1 aromatic heterocycles. The Balaban J connectivity index is 2.63. The van der Waals surface area contributed by atoms with Gasteiger partial charge in [0.2, 0.25) is 0 Å². The SMILES string of the molecule is CCc1ccsc1C(=O)NC(CCCl)COC. The van der Waals surface area contributed by atoms with Crippen molar-refractivity contribution in [2.24, 2.45) is 0 Å². The lowest BCUT2D eigenvalue weighted by Gasteiger charge is -2.16. The minimum atomic E-state index is -0.0241. The van der Waals surface area contributed by atoms with Gasteiger partial charge >= 0.3 is 0 Å². The van der Waals surface area contributed by atoms with Crippen LogP contribution in [0.5, 0.6) is 0 Å². The predicted molar refractivity (Wildman–Crippen MR) is 72.2 cm³/mol. The Hall–Kier alpha value is -0.580. The number of alkyl halides is 1. The predicted octanol–water partition coefficient (Wildman–Crippen LogP) is 2.68. The summed E-state index contributed by atoms with van der Waals surface area (Å²) >= 11 is 7.17. The lowest BCUT2D eigenvalue weighted by molar-refractivity contribution is 0.0898. The number of ether oxygens (including phenoxy) is 1. The Morgan fingerprint density at radius 1 is 1.65 bits per heavy atom. The number of hydrogen-bond acceptors (Lipinski definition) is 3. The summed E-state index contributed by atoms with van der Waals surface area (Å²) in [6.07, 6.45) is 1.59. The molecular formula is C12H18ClNO2S. The van der Waals surface area contributed by atoms with Crippen LogP contribution in [-0.4, -0.2) is 31.5 Å². The number of rotatable bonds is 7. The molecule has 96 valence electrons. The summed E-state index contributed by atoms with van der Waals surface area (Å²) in [5.41, 5.74) is 1.09. The van der Waals surface area contributed by atoms with Crippen molar-refractivity contribution in [1.82, 2.24) is 5.32 Å². The molecule has 17 heavy (non-hydrogen) atoms. The second-order valence-corrected chi connectivity index (χ2v) is 5.03. The zero-order valence-electron chi connectivity index (χ0n) is 10.2. The van der Waals surface area contributed by atoms with Crippen molar-refractivity contribution in [3.63, 3.8) is 0 Å². The van der Waals surface area contributed by atoms with Crippen molar-refractivity contribution in [1.29, 1.82) is 0 Å². The van der Waals surface area contributed by atoms with Crippen molar-refractivity contribution in [2.75, 3.05) is 19.6 Å². The van der Waals surface area contributed by atoms with Crippen molar-refractivity contribution >= 4 is 28.8 Å². The summed E-state index contributed by atoms with van der Waals surface area (Å²) in [5, 5.41) is 4.90. The Kier molecular flexibility index (Phi) is 6.55. The highest BCUT2D eigenvalue weighted by molar-refractivity contribution is 7.12. The molecule has 0 aliphatic carbocycles. The fourth-order valence-corrected chi connectivity index (χ4v) is 2.76. The van der Waals surface area contributed by atoms with E-state index < -0.39 is 0 Å². The van der Waals surface area contributed by atoms with Gasteiger partial charge < -0.3 is 10.1 Å². The Morgan fingerprint density at radius 3 is 3.00 bits per heavy atom. The van der Waals surface area contributed by atoms with Crippen LogP contribution >= 0.6 is 22.9 Å². The molecule has 1 heterocycles. The molecule has 0 spiro atoms. The maximum absolute atomic E-state index is 12.0. The fraction of sp³-hybridized carbons (Fsp3) is 0.583. The fourth-order valence-electron chi connectivity index (χ4n) is 1.59. The normalized spacial score (nSPS) is 12.4. The first-order chi connectivity index (χ1) is 8.22. The van der Waals surface area contributed by atoms with Crippen molar-refractivity contribution < 1.29 is 9.53 Å². The van der Waals surface area contributed by atoms with Gasteiger partial charge in [0.15, 0.2) is 0 Å². The maximum Gasteiger partial charge on any atom is 0.261 e. The van der Waals surface area contributed by atoms with E-state index in [-0.39, 0.29) is 11.9 Å². The van der Waals surface area contributed by atoms with E-state index >= 15 is 0 Å². The minimum Gasteiger partial charge on any atom is -0.383 e. The second kappa shape index (κ2) is 7.69. The van der Waals surface area contributed by atoms with Crippen LogP contribution in [0.15, 0.2) is 11.4 Å². The molecule has 0 saturated carbocycles. The number of carbonyl (C=O) groups excluding carboxylic acids is 1. The molecule has 1 amide bonds. The van der Waals surface area contributed by atoms with Crippen LogP contribution in [0.1, 0.15) is 28.6 Å². The zero-order chi connectivity index (χ0) is 12.7. The van der Waals surface area contributed by atoms with E-state index in [1.54, 1.807) is 7.11 Å². The summed E-state index contributed by atoms with van der Waals surface area (Å²) in [5.74, 6) is 0.489. The Labute approximate surface area is 111 Å². The molecule has 0 aliphatic rings. The Morgan fingerprint density at radius 2 is 2.41 bits per heavy atom. The van der Waals surface area contributed by atoms with E-state index in [1.165, 1.54) is 11.3 Å². The van der Waals surface area contributed by atoms with E-state index in [4.69, 9.17) is 16.3 Å².